The highest BCUT2D eigenvalue weighted by Gasteiger charge is 2.20. The van der Waals surface area contributed by atoms with Crippen molar-refractivity contribution in [2.45, 2.75) is 39.0 Å². The molecule has 19 heavy (non-hydrogen) atoms. The molecule has 0 amide bonds. The van der Waals surface area contributed by atoms with Gasteiger partial charge in [-0.25, -0.2) is 0 Å². The van der Waals surface area contributed by atoms with Crippen LogP contribution in [0.3, 0.4) is 0 Å². The second-order valence-electron chi connectivity index (χ2n) is 5.41. The molecule has 1 aliphatic rings. The quantitative estimate of drug-likeness (QED) is 0.798. The van der Waals surface area contributed by atoms with Crippen molar-refractivity contribution in [2.75, 3.05) is 23.7 Å². The molecule has 0 spiro atoms. The Morgan fingerprint density at radius 2 is 1.89 bits per heavy atom. The molecule has 0 bridgehead atoms. The molecule has 1 aromatic rings. The van der Waals surface area contributed by atoms with E-state index in [0.29, 0.717) is 15.7 Å². The number of halogens is 2. The van der Waals surface area contributed by atoms with Crippen LogP contribution >= 0.6 is 23.2 Å². The first-order valence-corrected chi connectivity index (χ1v) is 7.87. The average Bonchev–Trinajstić information content (AvgIpc) is 2.54. The lowest BCUT2D eigenvalue weighted by atomic mass is 9.96. The van der Waals surface area contributed by atoms with E-state index in [9.17, 15) is 0 Å². The third kappa shape index (κ3) is 3.70. The summed E-state index contributed by atoms with van der Waals surface area (Å²) in [5.74, 6) is 0.848. The molecule has 1 aromatic carbocycles. The van der Waals surface area contributed by atoms with Crippen LogP contribution in [0.5, 0.6) is 0 Å². The standard InChI is InChI=1S/C15H22Cl2N2/c1-2-4-11-5-3-7-19(8-6-11)15-13(16)9-12(18)10-14(15)17/h9-11H,2-8,18H2,1H3. The van der Waals surface area contributed by atoms with Gasteiger partial charge < -0.3 is 10.6 Å². The first-order valence-electron chi connectivity index (χ1n) is 7.11. The van der Waals surface area contributed by atoms with Crippen LogP contribution < -0.4 is 10.6 Å². The summed E-state index contributed by atoms with van der Waals surface area (Å²) in [5, 5.41) is 1.33. The molecule has 0 saturated carbocycles. The number of hydrogen-bond acceptors (Lipinski definition) is 2. The zero-order valence-electron chi connectivity index (χ0n) is 11.5. The summed E-state index contributed by atoms with van der Waals surface area (Å²) in [4.78, 5) is 2.32. The molecule has 1 heterocycles. The maximum Gasteiger partial charge on any atom is 0.0746 e. The summed E-state index contributed by atoms with van der Waals surface area (Å²) in [7, 11) is 0. The number of benzene rings is 1. The minimum absolute atomic E-state index is 0.623. The van der Waals surface area contributed by atoms with E-state index >= 15 is 0 Å². The summed E-state index contributed by atoms with van der Waals surface area (Å²) in [6.07, 6.45) is 6.35. The fourth-order valence-electron chi connectivity index (χ4n) is 2.97. The lowest BCUT2D eigenvalue weighted by Crippen LogP contribution is -2.25. The maximum atomic E-state index is 6.31. The van der Waals surface area contributed by atoms with Gasteiger partial charge in [0.2, 0.25) is 0 Å². The van der Waals surface area contributed by atoms with Crippen LogP contribution in [0, 0.1) is 5.92 Å². The van der Waals surface area contributed by atoms with Crippen molar-refractivity contribution < 1.29 is 0 Å². The van der Waals surface area contributed by atoms with Crippen LogP contribution in [-0.2, 0) is 0 Å². The van der Waals surface area contributed by atoms with E-state index < -0.39 is 0 Å². The average molecular weight is 301 g/mol. The van der Waals surface area contributed by atoms with Gasteiger partial charge >= 0.3 is 0 Å². The summed E-state index contributed by atoms with van der Waals surface area (Å²) in [6, 6.07) is 3.58. The monoisotopic (exact) mass is 300 g/mol. The van der Waals surface area contributed by atoms with Gasteiger partial charge in [0.1, 0.15) is 0 Å². The van der Waals surface area contributed by atoms with Crippen molar-refractivity contribution in [3.8, 4) is 0 Å². The Labute approximate surface area is 125 Å². The maximum absolute atomic E-state index is 6.31. The van der Waals surface area contributed by atoms with Crippen molar-refractivity contribution in [1.29, 1.82) is 0 Å². The van der Waals surface area contributed by atoms with Crippen LogP contribution in [0.25, 0.3) is 0 Å². The van der Waals surface area contributed by atoms with Crippen LogP contribution in [0.1, 0.15) is 39.0 Å². The lowest BCUT2D eigenvalue weighted by molar-refractivity contribution is 0.435. The van der Waals surface area contributed by atoms with Crippen LogP contribution in [0.15, 0.2) is 12.1 Å². The highest BCUT2D eigenvalue weighted by atomic mass is 35.5. The Morgan fingerprint density at radius 3 is 2.53 bits per heavy atom. The molecule has 2 N–H and O–H groups in total. The van der Waals surface area contributed by atoms with Crippen molar-refractivity contribution in [2.24, 2.45) is 5.92 Å². The Morgan fingerprint density at radius 1 is 1.21 bits per heavy atom. The zero-order chi connectivity index (χ0) is 13.8. The second-order valence-corrected chi connectivity index (χ2v) is 6.22. The van der Waals surface area contributed by atoms with Crippen molar-refractivity contribution >= 4 is 34.6 Å². The number of rotatable bonds is 3. The Hall–Kier alpha value is -0.600. The molecular formula is C15H22Cl2N2. The molecule has 1 fully saturated rings. The Bertz CT molecular complexity index is 411. The number of anilines is 2. The SMILES string of the molecule is CCCC1CCCN(c2c(Cl)cc(N)cc2Cl)CC1. The minimum atomic E-state index is 0.623. The van der Waals surface area contributed by atoms with E-state index in [0.717, 1.165) is 24.7 Å². The Kier molecular flexibility index (Phi) is 5.23. The first-order chi connectivity index (χ1) is 9.11. The lowest BCUT2D eigenvalue weighted by Gasteiger charge is -2.25. The van der Waals surface area contributed by atoms with Crippen LogP contribution in [-0.4, -0.2) is 13.1 Å². The smallest absolute Gasteiger partial charge is 0.0746 e. The van der Waals surface area contributed by atoms with Gasteiger partial charge in [-0.1, -0.05) is 43.0 Å². The molecule has 106 valence electrons. The predicted molar refractivity (Wildman–Crippen MR) is 85.3 cm³/mol. The van der Waals surface area contributed by atoms with E-state index in [1.165, 1.54) is 32.1 Å². The second kappa shape index (κ2) is 6.71. The largest absolute Gasteiger partial charge is 0.399 e. The number of nitrogens with zero attached hydrogens (tertiary/aromatic N) is 1. The fraction of sp³-hybridized carbons (Fsp3) is 0.600. The molecular weight excluding hydrogens is 279 g/mol. The van der Waals surface area contributed by atoms with Crippen molar-refractivity contribution in [3.05, 3.63) is 22.2 Å². The van der Waals surface area contributed by atoms with Crippen molar-refractivity contribution in [1.82, 2.24) is 0 Å². The van der Waals surface area contributed by atoms with E-state index in [2.05, 4.69) is 11.8 Å². The molecule has 1 atom stereocenters. The third-order valence-electron chi connectivity index (χ3n) is 3.90. The fourth-order valence-corrected chi connectivity index (χ4v) is 3.72. The van der Waals surface area contributed by atoms with Crippen LogP contribution in [0.4, 0.5) is 11.4 Å². The number of nitrogen functional groups attached to an aromatic ring is 1. The van der Waals surface area contributed by atoms with E-state index in [4.69, 9.17) is 28.9 Å². The molecule has 0 aliphatic carbocycles. The Balaban J connectivity index is 2.14. The number of nitrogens with two attached hydrogens (primary N) is 1. The third-order valence-corrected chi connectivity index (χ3v) is 4.48. The molecule has 2 rings (SSSR count). The van der Waals surface area contributed by atoms with Gasteiger partial charge in [-0.15, -0.1) is 0 Å². The normalized spacial score (nSPS) is 20.4. The summed E-state index contributed by atoms with van der Waals surface area (Å²) < 4.78 is 0. The van der Waals surface area contributed by atoms with E-state index in [1.54, 1.807) is 12.1 Å². The highest BCUT2D eigenvalue weighted by Crippen LogP contribution is 2.37. The minimum Gasteiger partial charge on any atom is -0.399 e. The van der Waals surface area contributed by atoms with E-state index in [-0.39, 0.29) is 0 Å². The van der Waals surface area contributed by atoms with Gasteiger partial charge in [0, 0.05) is 18.8 Å². The topological polar surface area (TPSA) is 29.3 Å². The van der Waals surface area contributed by atoms with Gasteiger partial charge in [-0.2, -0.15) is 0 Å². The molecule has 1 unspecified atom stereocenters. The molecule has 1 saturated heterocycles. The van der Waals surface area contributed by atoms with Gasteiger partial charge in [0.05, 0.1) is 15.7 Å². The summed E-state index contributed by atoms with van der Waals surface area (Å²) >= 11 is 12.6. The molecule has 2 nitrogen and oxygen atoms in total. The molecule has 1 aliphatic heterocycles. The van der Waals surface area contributed by atoms with E-state index in [1.807, 2.05) is 0 Å². The molecule has 4 heteroatoms. The van der Waals surface area contributed by atoms with Gasteiger partial charge in [-0.05, 0) is 37.3 Å². The van der Waals surface area contributed by atoms with Crippen molar-refractivity contribution in [3.63, 3.8) is 0 Å². The van der Waals surface area contributed by atoms with Gasteiger partial charge in [0.25, 0.3) is 0 Å². The molecule has 0 radical (unpaired) electrons. The zero-order valence-corrected chi connectivity index (χ0v) is 13.0. The molecule has 0 aromatic heterocycles. The predicted octanol–water partition coefficient (Wildman–Crippen LogP) is 4.98. The number of hydrogen-bond donors (Lipinski definition) is 1. The first kappa shape index (κ1) is 14.8. The van der Waals surface area contributed by atoms with Gasteiger partial charge in [-0.3, -0.25) is 0 Å². The van der Waals surface area contributed by atoms with Crippen LogP contribution in [0.2, 0.25) is 10.0 Å². The highest BCUT2D eigenvalue weighted by molar-refractivity contribution is 6.39. The van der Waals surface area contributed by atoms with Gasteiger partial charge in [0.15, 0.2) is 0 Å². The summed E-state index contributed by atoms with van der Waals surface area (Å²) in [5.41, 5.74) is 7.34. The summed E-state index contributed by atoms with van der Waals surface area (Å²) in [6.45, 7) is 4.33.